The molecule has 0 aliphatic carbocycles. The van der Waals surface area contributed by atoms with E-state index in [4.69, 9.17) is 16.3 Å². The minimum absolute atomic E-state index is 0.121. The molecule has 0 aromatic heterocycles. The number of alkyl carbamates (subject to hydrolysis) is 1. The number of nitrogens with one attached hydrogen (secondary N) is 3. The second kappa shape index (κ2) is 9.43. The van der Waals surface area contributed by atoms with Crippen LogP contribution in [0.2, 0.25) is 5.02 Å². The van der Waals surface area contributed by atoms with Crippen LogP contribution in [0, 0.1) is 0 Å². The van der Waals surface area contributed by atoms with Gasteiger partial charge in [-0.3, -0.25) is 9.59 Å². The summed E-state index contributed by atoms with van der Waals surface area (Å²) in [5.41, 5.74) is 0.259. The highest BCUT2D eigenvalue weighted by Crippen LogP contribution is 2.26. The van der Waals surface area contributed by atoms with Crippen LogP contribution in [0.15, 0.2) is 48.5 Å². The smallest absolute Gasteiger partial charge is 0.408 e. The predicted octanol–water partition coefficient (Wildman–Crippen LogP) is 4.44. The molecule has 29 heavy (non-hydrogen) atoms. The second-order valence-electron chi connectivity index (χ2n) is 7.34. The zero-order valence-corrected chi connectivity index (χ0v) is 17.5. The van der Waals surface area contributed by atoms with Crippen LogP contribution in [-0.4, -0.2) is 29.6 Å². The standard InChI is InChI=1S/C21H24ClN3O4/c1-13(23-20(28)29-21(2,3)4)18(26)25-16-12-8-11-15(22)17(16)19(27)24-14-9-6-5-7-10-14/h5-13H,1-4H3,(H,23,28)(H,24,27)(H,25,26). The average molecular weight is 418 g/mol. The highest BCUT2D eigenvalue weighted by atomic mass is 35.5. The molecule has 0 aliphatic heterocycles. The van der Waals surface area contributed by atoms with Gasteiger partial charge in [-0.1, -0.05) is 35.9 Å². The Morgan fingerprint density at radius 2 is 1.62 bits per heavy atom. The summed E-state index contributed by atoms with van der Waals surface area (Å²) in [4.78, 5) is 37.1. The lowest BCUT2D eigenvalue weighted by Gasteiger charge is -2.22. The number of anilines is 2. The van der Waals surface area contributed by atoms with E-state index in [0.717, 1.165) is 0 Å². The third kappa shape index (κ3) is 6.80. The summed E-state index contributed by atoms with van der Waals surface area (Å²) in [6.07, 6.45) is -0.715. The van der Waals surface area contributed by atoms with E-state index in [0.29, 0.717) is 5.69 Å². The van der Waals surface area contributed by atoms with Gasteiger partial charge in [0.1, 0.15) is 11.6 Å². The summed E-state index contributed by atoms with van der Waals surface area (Å²) in [6.45, 7) is 6.68. The topological polar surface area (TPSA) is 96.5 Å². The van der Waals surface area contributed by atoms with Crippen molar-refractivity contribution in [1.82, 2.24) is 5.32 Å². The fraction of sp³-hybridized carbons (Fsp3) is 0.286. The van der Waals surface area contributed by atoms with Crippen LogP contribution in [-0.2, 0) is 9.53 Å². The summed E-state index contributed by atoms with van der Waals surface area (Å²) in [5, 5.41) is 8.00. The number of halogens is 1. The molecule has 0 saturated carbocycles. The second-order valence-corrected chi connectivity index (χ2v) is 7.75. The SMILES string of the molecule is CC(NC(=O)OC(C)(C)C)C(=O)Nc1cccc(Cl)c1C(=O)Nc1ccccc1. The van der Waals surface area contributed by atoms with Gasteiger partial charge in [0.15, 0.2) is 0 Å². The normalized spacial score (nSPS) is 11.9. The van der Waals surface area contributed by atoms with Gasteiger partial charge in [-0.25, -0.2) is 4.79 Å². The summed E-state index contributed by atoms with van der Waals surface area (Å²) in [7, 11) is 0. The number of rotatable bonds is 5. The van der Waals surface area contributed by atoms with Crippen LogP contribution in [0.4, 0.5) is 16.2 Å². The van der Waals surface area contributed by atoms with Crippen LogP contribution in [0.3, 0.4) is 0 Å². The molecule has 0 bridgehead atoms. The summed E-state index contributed by atoms with van der Waals surface area (Å²) in [5.74, 6) is -0.989. The van der Waals surface area contributed by atoms with Gasteiger partial charge in [-0.05, 0) is 52.0 Å². The van der Waals surface area contributed by atoms with Crippen LogP contribution in [0.1, 0.15) is 38.1 Å². The number of carbonyl (C=O) groups excluding carboxylic acids is 3. The molecule has 7 nitrogen and oxygen atoms in total. The zero-order chi connectivity index (χ0) is 21.6. The van der Waals surface area contributed by atoms with Gasteiger partial charge >= 0.3 is 6.09 Å². The monoisotopic (exact) mass is 417 g/mol. The Labute approximate surface area is 174 Å². The van der Waals surface area contributed by atoms with Gasteiger partial charge in [0.25, 0.3) is 5.91 Å². The van der Waals surface area contributed by atoms with Gasteiger partial charge in [-0.2, -0.15) is 0 Å². The van der Waals surface area contributed by atoms with Crippen LogP contribution in [0.25, 0.3) is 0 Å². The maximum atomic E-state index is 12.7. The van der Waals surface area contributed by atoms with E-state index in [-0.39, 0.29) is 16.3 Å². The molecule has 0 saturated heterocycles. The van der Waals surface area contributed by atoms with Gasteiger partial charge in [0.2, 0.25) is 5.91 Å². The molecule has 0 fully saturated rings. The average Bonchev–Trinajstić information content (AvgIpc) is 2.60. The number of ether oxygens (including phenoxy) is 1. The van der Waals surface area contributed by atoms with Crippen LogP contribution >= 0.6 is 11.6 Å². The fourth-order valence-corrected chi connectivity index (χ4v) is 2.63. The summed E-state index contributed by atoms with van der Waals surface area (Å²) >= 11 is 6.21. The molecule has 8 heteroatoms. The molecule has 3 amide bonds. The van der Waals surface area contributed by atoms with E-state index in [9.17, 15) is 14.4 Å². The lowest BCUT2D eigenvalue weighted by atomic mass is 10.1. The molecular weight excluding hydrogens is 394 g/mol. The molecule has 2 aromatic rings. The summed E-state index contributed by atoms with van der Waals surface area (Å²) < 4.78 is 5.14. The Morgan fingerprint density at radius 3 is 2.24 bits per heavy atom. The van der Waals surface area contributed by atoms with E-state index in [1.54, 1.807) is 63.2 Å². The fourth-order valence-electron chi connectivity index (χ4n) is 2.37. The molecule has 0 radical (unpaired) electrons. The minimum atomic E-state index is -0.895. The Bertz CT molecular complexity index is 895. The van der Waals surface area contributed by atoms with Crippen molar-refractivity contribution in [1.29, 1.82) is 0 Å². The zero-order valence-electron chi connectivity index (χ0n) is 16.7. The molecule has 2 aromatic carbocycles. The Morgan fingerprint density at radius 1 is 0.966 bits per heavy atom. The van der Waals surface area contributed by atoms with Gasteiger partial charge < -0.3 is 20.7 Å². The molecule has 2 rings (SSSR count). The van der Waals surface area contributed by atoms with E-state index >= 15 is 0 Å². The van der Waals surface area contributed by atoms with Crippen LogP contribution < -0.4 is 16.0 Å². The Hall–Kier alpha value is -3.06. The molecule has 1 atom stereocenters. The molecule has 1 unspecified atom stereocenters. The van der Waals surface area contributed by atoms with E-state index in [1.807, 2.05) is 6.07 Å². The van der Waals surface area contributed by atoms with Crippen molar-refractivity contribution in [3.63, 3.8) is 0 Å². The predicted molar refractivity (Wildman–Crippen MR) is 113 cm³/mol. The molecule has 154 valence electrons. The number of benzene rings is 2. The highest BCUT2D eigenvalue weighted by Gasteiger charge is 2.23. The molecule has 0 heterocycles. The van der Waals surface area contributed by atoms with Crippen molar-refractivity contribution in [3.8, 4) is 0 Å². The largest absolute Gasteiger partial charge is 0.444 e. The lowest BCUT2D eigenvalue weighted by Crippen LogP contribution is -2.44. The Kier molecular flexibility index (Phi) is 7.23. The van der Waals surface area contributed by atoms with E-state index < -0.39 is 29.6 Å². The van der Waals surface area contributed by atoms with Crippen molar-refractivity contribution in [2.75, 3.05) is 10.6 Å². The first kappa shape index (κ1) is 22.2. The van der Waals surface area contributed by atoms with Crippen molar-refractivity contribution < 1.29 is 19.1 Å². The number of hydrogen-bond acceptors (Lipinski definition) is 4. The van der Waals surface area contributed by atoms with Crippen molar-refractivity contribution >= 4 is 40.9 Å². The molecule has 0 spiro atoms. The van der Waals surface area contributed by atoms with Crippen molar-refractivity contribution in [2.45, 2.75) is 39.3 Å². The number of hydrogen-bond donors (Lipinski definition) is 3. The molecule has 0 aliphatic rings. The van der Waals surface area contributed by atoms with E-state index in [2.05, 4.69) is 16.0 Å². The number of amides is 3. The lowest BCUT2D eigenvalue weighted by molar-refractivity contribution is -0.117. The maximum Gasteiger partial charge on any atom is 0.408 e. The minimum Gasteiger partial charge on any atom is -0.444 e. The van der Waals surface area contributed by atoms with Gasteiger partial charge in [-0.15, -0.1) is 0 Å². The Balaban J connectivity index is 2.12. The first-order valence-electron chi connectivity index (χ1n) is 9.02. The van der Waals surface area contributed by atoms with Crippen LogP contribution in [0.5, 0.6) is 0 Å². The maximum absolute atomic E-state index is 12.7. The van der Waals surface area contributed by atoms with Crippen molar-refractivity contribution in [2.24, 2.45) is 0 Å². The van der Waals surface area contributed by atoms with Gasteiger partial charge in [0.05, 0.1) is 16.3 Å². The third-order valence-corrected chi connectivity index (χ3v) is 3.97. The first-order chi connectivity index (χ1) is 13.6. The quantitative estimate of drug-likeness (QED) is 0.669. The first-order valence-corrected chi connectivity index (χ1v) is 9.40. The number of para-hydroxylation sites is 1. The number of carbonyl (C=O) groups is 3. The van der Waals surface area contributed by atoms with E-state index in [1.165, 1.54) is 6.92 Å². The highest BCUT2D eigenvalue weighted by molar-refractivity contribution is 6.35. The molecular formula is C21H24ClN3O4. The summed E-state index contributed by atoms with van der Waals surface area (Å²) in [6, 6.07) is 12.7. The van der Waals surface area contributed by atoms with Crippen molar-refractivity contribution in [3.05, 3.63) is 59.1 Å². The molecule has 3 N–H and O–H groups in total. The van der Waals surface area contributed by atoms with Gasteiger partial charge in [0, 0.05) is 5.69 Å². The third-order valence-electron chi connectivity index (χ3n) is 3.66.